The van der Waals surface area contributed by atoms with Gasteiger partial charge in [0.1, 0.15) is 5.82 Å². The molecule has 2 rings (SSSR count). The van der Waals surface area contributed by atoms with Crippen LogP contribution in [-0.2, 0) is 0 Å². The van der Waals surface area contributed by atoms with E-state index in [1.54, 1.807) is 6.20 Å². The summed E-state index contributed by atoms with van der Waals surface area (Å²) in [6.07, 6.45) is 5.48. The van der Waals surface area contributed by atoms with Crippen LogP contribution < -0.4 is 11.1 Å². The lowest BCUT2D eigenvalue weighted by Gasteiger charge is -2.46. The molecule has 0 aliphatic carbocycles. The summed E-state index contributed by atoms with van der Waals surface area (Å²) < 4.78 is 0. The lowest BCUT2D eigenvalue weighted by Crippen LogP contribution is -2.54. The zero-order chi connectivity index (χ0) is 15.5. The molecule has 0 spiro atoms. The Morgan fingerprint density at radius 1 is 1.38 bits per heavy atom. The third-order valence-electron chi connectivity index (χ3n) is 4.51. The first-order chi connectivity index (χ1) is 9.96. The van der Waals surface area contributed by atoms with Gasteiger partial charge in [-0.25, -0.2) is 4.98 Å². The monoisotopic (exact) mass is 310 g/mol. The van der Waals surface area contributed by atoms with Gasteiger partial charge in [-0.3, -0.25) is 4.90 Å². The van der Waals surface area contributed by atoms with E-state index < -0.39 is 0 Å². The Labute approximate surface area is 133 Å². The van der Waals surface area contributed by atoms with E-state index in [2.05, 4.69) is 36.0 Å². The van der Waals surface area contributed by atoms with Crippen LogP contribution in [0.4, 0.5) is 5.82 Å². The summed E-state index contributed by atoms with van der Waals surface area (Å²) in [5.41, 5.74) is 7.09. The second-order valence-corrected chi connectivity index (χ2v) is 6.76. The minimum Gasteiger partial charge on any atom is -0.383 e. The van der Waals surface area contributed by atoms with Gasteiger partial charge in [0.15, 0.2) is 0 Å². The van der Waals surface area contributed by atoms with Crippen molar-refractivity contribution < 1.29 is 0 Å². The number of likely N-dealkylation sites (tertiary alicyclic amines) is 1. The predicted octanol–water partition coefficient (Wildman–Crippen LogP) is 3.23. The number of nitrogens with one attached hydrogen (secondary N) is 1. The van der Waals surface area contributed by atoms with Crippen molar-refractivity contribution in [3.05, 3.63) is 22.8 Å². The number of piperidine rings is 1. The van der Waals surface area contributed by atoms with Gasteiger partial charge in [-0.1, -0.05) is 24.9 Å². The molecule has 1 saturated heterocycles. The van der Waals surface area contributed by atoms with Crippen molar-refractivity contribution in [1.29, 1.82) is 0 Å². The van der Waals surface area contributed by atoms with E-state index in [0.29, 0.717) is 10.8 Å². The summed E-state index contributed by atoms with van der Waals surface area (Å²) in [7, 11) is 0. The van der Waals surface area contributed by atoms with E-state index in [0.717, 1.165) is 25.2 Å². The van der Waals surface area contributed by atoms with Gasteiger partial charge >= 0.3 is 0 Å². The van der Waals surface area contributed by atoms with Crippen molar-refractivity contribution in [2.75, 3.05) is 25.4 Å². The van der Waals surface area contributed by atoms with Gasteiger partial charge in [-0.15, -0.1) is 0 Å². The molecule has 0 aromatic carbocycles. The molecule has 0 saturated carbocycles. The molecule has 0 amide bonds. The van der Waals surface area contributed by atoms with Crippen molar-refractivity contribution in [2.45, 2.75) is 51.6 Å². The van der Waals surface area contributed by atoms with E-state index in [1.165, 1.54) is 19.3 Å². The van der Waals surface area contributed by atoms with Crippen LogP contribution in [0.25, 0.3) is 0 Å². The molecule has 1 fully saturated rings. The van der Waals surface area contributed by atoms with Gasteiger partial charge in [0.2, 0.25) is 0 Å². The number of aromatic nitrogens is 1. The lowest BCUT2D eigenvalue weighted by atomic mass is 9.85. The van der Waals surface area contributed by atoms with Crippen LogP contribution >= 0.6 is 11.6 Å². The van der Waals surface area contributed by atoms with Gasteiger partial charge in [0.05, 0.1) is 11.1 Å². The average Bonchev–Trinajstić information content (AvgIpc) is 2.48. The second kappa shape index (κ2) is 6.95. The number of halogens is 1. The zero-order valence-corrected chi connectivity index (χ0v) is 14.1. The number of nitrogens with two attached hydrogens (primary N) is 1. The van der Waals surface area contributed by atoms with E-state index in [9.17, 15) is 0 Å². The van der Waals surface area contributed by atoms with Crippen LogP contribution in [0.2, 0.25) is 5.02 Å². The summed E-state index contributed by atoms with van der Waals surface area (Å²) in [5.74, 6) is 0.565. The van der Waals surface area contributed by atoms with Gasteiger partial charge in [0.25, 0.3) is 0 Å². The Hall–Kier alpha value is -0.840. The molecule has 0 radical (unpaired) electrons. The van der Waals surface area contributed by atoms with Gasteiger partial charge in [-0.05, 0) is 52.4 Å². The predicted molar refractivity (Wildman–Crippen MR) is 89.6 cm³/mol. The van der Waals surface area contributed by atoms with Crippen LogP contribution in [0, 0.1) is 0 Å². The molecule has 1 atom stereocenters. The highest BCUT2D eigenvalue weighted by Crippen LogP contribution is 2.35. The summed E-state index contributed by atoms with van der Waals surface area (Å²) in [6, 6.07) is 2.06. The molecule has 4 nitrogen and oxygen atoms in total. The van der Waals surface area contributed by atoms with Crippen LogP contribution in [0.5, 0.6) is 0 Å². The second-order valence-electron chi connectivity index (χ2n) is 6.32. The van der Waals surface area contributed by atoms with Crippen LogP contribution in [0.3, 0.4) is 0 Å². The number of likely N-dealkylation sites (N-methyl/N-ethyl adjacent to an activating group) is 1. The smallest absolute Gasteiger partial charge is 0.128 e. The minimum atomic E-state index is -0.0308. The molecular formula is C16H27ClN4. The first-order valence-electron chi connectivity index (χ1n) is 7.86. The van der Waals surface area contributed by atoms with E-state index in [-0.39, 0.29) is 11.6 Å². The SMILES string of the molecule is CCNC(c1cc(Cl)cnc1N)C(C)(C)N1CCCCC1. The van der Waals surface area contributed by atoms with Crippen LogP contribution in [-0.4, -0.2) is 35.1 Å². The Kier molecular flexibility index (Phi) is 5.47. The number of rotatable bonds is 5. The average molecular weight is 311 g/mol. The highest BCUT2D eigenvalue weighted by atomic mass is 35.5. The molecular weight excluding hydrogens is 284 g/mol. The van der Waals surface area contributed by atoms with Gasteiger partial charge < -0.3 is 11.1 Å². The van der Waals surface area contributed by atoms with Crippen molar-refractivity contribution in [1.82, 2.24) is 15.2 Å². The first kappa shape index (κ1) is 16.5. The maximum atomic E-state index is 6.14. The molecule has 1 aromatic rings. The number of hydrogen-bond acceptors (Lipinski definition) is 4. The quantitative estimate of drug-likeness (QED) is 0.876. The normalized spacial score (nSPS) is 18.7. The number of anilines is 1. The minimum absolute atomic E-state index is 0.0308. The van der Waals surface area contributed by atoms with Gasteiger partial charge in [-0.2, -0.15) is 0 Å². The maximum Gasteiger partial charge on any atom is 0.128 e. The standard InChI is InChI=1S/C16H27ClN4/c1-4-19-14(13-10-12(17)11-20-15(13)18)16(2,3)21-8-6-5-7-9-21/h10-11,14,19H,4-9H2,1-3H3,(H2,18,20). The molecule has 21 heavy (non-hydrogen) atoms. The van der Waals surface area contributed by atoms with Crippen molar-refractivity contribution >= 4 is 17.4 Å². The zero-order valence-electron chi connectivity index (χ0n) is 13.3. The molecule has 2 heterocycles. The third-order valence-corrected chi connectivity index (χ3v) is 4.72. The van der Waals surface area contributed by atoms with Crippen molar-refractivity contribution in [3.63, 3.8) is 0 Å². The Morgan fingerprint density at radius 2 is 2.05 bits per heavy atom. The van der Waals surface area contributed by atoms with Crippen molar-refractivity contribution in [3.8, 4) is 0 Å². The summed E-state index contributed by atoms with van der Waals surface area (Å²) in [6.45, 7) is 9.85. The van der Waals surface area contributed by atoms with Gasteiger partial charge in [0, 0.05) is 17.3 Å². The highest BCUT2D eigenvalue weighted by molar-refractivity contribution is 6.30. The number of hydrogen-bond donors (Lipinski definition) is 2. The number of pyridine rings is 1. The molecule has 1 aromatic heterocycles. The third kappa shape index (κ3) is 3.68. The summed E-state index contributed by atoms with van der Waals surface area (Å²) >= 11 is 6.14. The summed E-state index contributed by atoms with van der Waals surface area (Å²) in [4.78, 5) is 6.79. The lowest BCUT2D eigenvalue weighted by molar-refractivity contribution is 0.0614. The maximum absolute atomic E-state index is 6.14. The van der Waals surface area contributed by atoms with Crippen LogP contribution in [0.1, 0.15) is 51.6 Å². The molecule has 1 unspecified atom stereocenters. The largest absolute Gasteiger partial charge is 0.383 e. The Morgan fingerprint density at radius 3 is 2.67 bits per heavy atom. The highest BCUT2D eigenvalue weighted by Gasteiger charge is 2.37. The Balaban J connectivity index is 2.34. The number of nitrogens with zero attached hydrogens (tertiary/aromatic N) is 2. The molecule has 3 N–H and O–H groups in total. The molecule has 118 valence electrons. The topological polar surface area (TPSA) is 54.2 Å². The Bertz CT molecular complexity index is 469. The first-order valence-corrected chi connectivity index (χ1v) is 8.24. The van der Waals surface area contributed by atoms with Crippen LogP contribution in [0.15, 0.2) is 12.3 Å². The fraction of sp³-hybridized carbons (Fsp3) is 0.688. The molecule has 1 aliphatic heterocycles. The van der Waals surface area contributed by atoms with E-state index >= 15 is 0 Å². The summed E-state index contributed by atoms with van der Waals surface area (Å²) in [5, 5.41) is 4.22. The van der Waals surface area contributed by atoms with E-state index in [4.69, 9.17) is 17.3 Å². The molecule has 1 aliphatic rings. The fourth-order valence-electron chi connectivity index (χ4n) is 3.29. The van der Waals surface area contributed by atoms with E-state index in [1.807, 2.05) is 6.07 Å². The fourth-order valence-corrected chi connectivity index (χ4v) is 3.46. The number of nitrogen functional groups attached to an aromatic ring is 1. The molecule has 5 heteroatoms. The van der Waals surface area contributed by atoms with Crippen molar-refractivity contribution in [2.24, 2.45) is 0 Å². The molecule has 0 bridgehead atoms.